The van der Waals surface area contributed by atoms with Gasteiger partial charge in [0.25, 0.3) is 0 Å². The molecule has 2 amide bonds. The number of hydrogen-bond donors (Lipinski definition) is 3. The number of carbonyl (C=O) groups is 2. The maximum atomic E-state index is 11.6. The van der Waals surface area contributed by atoms with Gasteiger partial charge in [-0.05, 0) is 38.2 Å². The first-order valence-electron chi connectivity index (χ1n) is 13.7. The molecule has 2 unspecified atom stereocenters. The molecule has 37 heavy (non-hydrogen) atoms. The third-order valence-corrected chi connectivity index (χ3v) is 7.90. The fraction of sp³-hybridized carbons (Fsp3) is 0.704. The van der Waals surface area contributed by atoms with Crippen molar-refractivity contribution in [3.8, 4) is 0 Å². The fourth-order valence-electron chi connectivity index (χ4n) is 3.75. The third-order valence-electron chi connectivity index (χ3n) is 5.85. The first kappa shape index (κ1) is 32.9. The molecule has 0 saturated carbocycles. The first-order chi connectivity index (χ1) is 17.9. The number of aromatic nitrogens is 2. The lowest BCUT2D eigenvalue weighted by molar-refractivity contribution is -0.118. The highest BCUT2D eigenvalue weighted by atomic mass is 31.2. The molecule has 10 heteroatoms. The van der Waals surface area contributed by atoms with Gasteiger partial charge in [0.15, 0.2) is 0 Å². The minimum atomic E-state index is -1.02. The molecule has 1 saturated heterocycles. The zero-order valence-electron chi connectivity index (χ0n) is 22.7. The number of aliphatic hydroxyl groups is 1. The quantitative estimate of drug-likeness (QED) is 0.132. The Kier molecular flexibility index (Phi) is 18.6. The number of hydrogen-bond acceptors (Lipinski definition) is 6. The maximum absolute atomic E-state index is 11.6. The zero-order chi connectivity index (χ0) is 27.3. The summed E-state index contributed by atoms with van der Waals surface area (Å²) in [5.41, 5.74) is 4.64. The summed E-state index contributed by atoms with van der Waals surface area (Å²) in [4.78, 5) is 36.7. The van der Waals surface area contributed by atoms with E-state index >= 15 is 0 Å². The van der Waals surface area contributed by atoms with E-state index in [9.17, 15) is 14.4 Å². The summed E-state index contributed by atoms with van der Waals surface area (Å²) in [7, 11) is -1.02. The molecule has 1 aromatic rings. The third kappa shape index (κ3) is 16.4. The number of nitrogens with zero attached hydrogens (tertiary/aromatic N) is 2. The number of anilines is 1. The van der Waals surface area contributed by atoms with Crippen molar-refractivity contribution >= 4 is 25.9 Å². The van der Waals surface area contributed by atoms with Crippen LogP contribution in [0, 0.1) is 0 Å². The minimum Gasteiger partial charge on any atom is -0.394 e. The molecule has 9 nitrogen and oxygen atoms in total. The predicted molar refractivity (Wildman–Crippen MR) is 151 cm³/mol. The molecular formula is C27H47N4O5P. The maximum Gasteiger partial charge on any atom is 0.354 e. The Morgan fingerprint density at radius 2 is 1.68 bits per heavy atom. The van der Waals surface area contributed by atoms with Crippen molar-refractivity contribution in [3.05, 3.63) is 34.9 Å². The number of nitrogens with two attached hydrogens (primary N) is 1. The van der Waals surface area contributed by atoms with Gasteiger partial charge in [-0.1, -0.05) is 70.4 Å². The van der Waals surface area contributed by atoms with Crippen molar-refractivity contribution < 1.29 is 19.2 Å². The Labute approximate surface area is 223 Å². The van der Waals surface area contributed by atoms with Crippen LogP contribution < -0.4 is 16.7 Å². The van der Waals surface area contributed by atoms with Crippen molar-refractivity contribution in [2.24, 2.45) is 5.73 Å². The van der Waals surface area contributed by atoms with E-state index in [0.717, 1.165) is 12.8 Å². The molecule has 0 aliphatic carbocycles. The normalized spacial score (nSPS) is 16.6. The van der Waals surface area contributed by atoms with Crippen molar-refractivity contribution in [2.75, 3.05) is 18.1 Å². The molecule has 0 radical (unpaired) electrons. The minimum absolute atomic E-state index is 0.0367. The molecule has 4 N–H and O–H groups in total. The van der Waals surface area contributed by atoms with Crippen LogP contribution >= 0.6 is 8.30 Å². The lowest BCUT2D eigenvalue weighted by Crippen LogP contribution is -2.35. The Morgan fingerprint density at radius 3 is 2.19 bits per heavy atom. The molecule has 2 rings (SSSR count). The van der Waals surface area contributed by atoms with Crippen LogP contribution in [0.25, 0.3) is 0 Å². The van der Waals surface area contributed by atoms with E-state index in [0.29, 0.717) is 12.6 Å². The van der Waals surface area contributed by atoms with Crippen LogP contribution in [0.4, 0.5) is 5.82 Å². The molecule has 0 aromatic carbocycles. The average molecular weight is 539 g/mol. The number of aliphatic hydroxyl groups excluding tert-OH is 1. The second-order valence-corrected chi connectivity index (χ2v) is 11.1. The van der Waals surface area contributed by atoms with Crippen LogP contribution in [-0.4, -0.2) is 45.1 Å². The Morgan fingerprint density at radius 1 is 1.11 bits per heavy atom. The van der Waals surface area contributed by atoms with Crippen LogP contribution in [0.2, 0.25) is 0 Å². The lowest BCUT2D eigenvalue weighted by Gasteiger charge is -2.34. The van der Waals surface area contributed by atoms with Crippen LogP contribution in [0.3, 0.4) is 0 Å². The van der Waals surface area contributed by atoms with Crippen molar-refractivity contribution in [3.63, 3.8) is 0 Å². The molecule has 1 aliphatic heterocycles. The van der Waals surface area contributed by atoms with Gasteiger partial charge < -0.3 is 20.7 Å². The Bertz CT molecular complexity index is 855. The molecular weight excluding hydrogens is 491 g/mol. The van der Waals surface area contributed by atoms with E-state index in [1.807, 2.05) is 0 Å². The van der Waals surface area contributed by atoms with Gasteiger partial charge in [-0.3, -0.25) is 13.9 Å². The van der Waals surface area contributed by atoms with Crippen molar-refractivity contribution in [1.29, 1.82) is 0 Å². The van der Waals surface area contributed by atoms with Crippen LogP contribution in [0.15, 0.2) is 29.2 Å². The summed E-state index contributed by atoms with van der Waals surface area (Å²) in [5, 5.41) is 11.2. The standard InChI is InChI=1S/C18H35NO.C9H12N3O4P/c1-2-3-4-5-6-7-8-9-10-11-12-13-14-15-16-17-18(19)20;1-6(14)10-8-2-3-12(9(15)11-8)17-5-7(4-13)16-17/h9-10H,2-8,11-17H2,1H3,(H2,19,20);2-3,7,13H,4-5H2,1H3,(H,10,11,14,15)/b10-9+;. The molecule has 0 bridgehead atoms. The molecule has 210 valence electrons. The zero-order valence-corrected chi connectivity index (χ0v) is 23.6. The number of primary amides is 1. The van der Waals surface area contributed by atoms with Gasteiger partial charge >= 0.3 is 5.69 Å². The molecule has 2 heterocycles. The van der Waals surface area contributed by atoms with Gasteiger partial charge in [0, 0.05) is 25.7 Å². The molecule has 0 spiro atoms. The number of carbonyl (C=O) groups excluding carboxylic acids is 2. The number of allylic oxidation sites excluding steroid dienone is 2. The van der Waals surface area contributed by atoms with Gasteiger partial charge in [-0.15, -0.1) is 0 Å². The van der Waals surface area contributed by atoms with Gasteiger partial charge in [0.05, 0.1) is 12.7 Å². The summed E-state index contributed by atoms with van der Waals surface area (Å²) in [6.07, 6.45) is 23.9. The SMILES string of the molecule is CC(=O)Nc1ccn(P2CC(CO)O2)c(=O)n1.CCCCCCCC/C=C/CCCCCCCC(N)=O. The smallest absolute Gasteiger partial charge is 0.354 e. The van der Waals surface area contributed by atoms with Gasteiger partial charge in [0.2, 0.25) is 11.8 Å². The van der Waals surface area contributed by atoms with E-state index in [-0.39, 0.29) is 30.3 Å². The molecule has 1 aliphatic rings. The second kappa shape index (κ2) is 20.9. The highest BCUT2D eigenvalue weighted by molar-refractivity contribution is 7.52. The Hall–Kier alpha value is -2.09. The van der Waals surface area contributed by atoms with Crippen LogP contribution in [-0.2, 0) is 14.1 Å². The van der Waals surface area contributed by atoms with E-state index < -0.39 is 14.0 Å². The van der Waals surface area contributed by atoms with Gasteiger partial charge in [-0.2, -0.15) is 4.98 Å². The highest BCUT2D eigenvalue weighted by Crippen LogP contribution is 2.48. The summed E-state index contributed by atoms with van der Waals surface area (Å²) in [6.45, 7) is 3.57. The molecule has 1 fully saturated rings. The summed E-state index contributed by atoms with van der Waals surface area (Å²) < 4.78 is 6.72. The largest absolute Gasteiger partial charge is 0.394 e. The van der Waals surface area contributed by atoms with E-state index in [4.69, 9.17) is 15.4 Å². The second-order valence-electron chi connectivity index (χ2n) is 9.37. The summed E-state index contributed by atoms with van der Waals surface area (Å²) >= 11 is 0. The lowest BCUT2D eigenvalue weighted by atomic mass is 10.1. The summed E-state index contributed by atoms with van der Waals surface area (Å²) in [6, 6.07) is 1.54. The van der Waals surface area contributed by atoms with Crippen LogP contribution in [0.1, 0.15) is 104 Å². The molecule has 2 atom stereocenters. The topological polar surface area (TPSA) is 137 Å². The average Bonchev–Trinajstić information content (AvgIpc) is 2.82. The van der Waals surface area contributed by atoms with E-state index in [2.05, 4.69) is 29.4 Å². The van der Waals surface area contributed by atoms with Crippen molar-refractivity contribution in [2.45, 2.75) is 110 Å². The highest BCUT2D eigenvalue weighted by Gasteiger charge is 2.32. The first-order valence-corrected chi connectivity index (χ1v) is 15.1. The summed E-state index contributed by atoms with van der Waals surface area (Å²) in [5.74, 6) is -0.212. The van der Waals surface area contributed by atoms with E-state index in [1.54, 1.807) is 12.3 Å². The van der Waals surface area contributed by atoms with Crippen LogP contribution in [0.5, 0.6) is 0 Å². The number of unbranched alkanes of at least 4 members (excludes halogenated alkanes) is 11. The fourth-order valence-corrected chi connectivity index (χ4v) is 5.34. The van der Waals surface area contributed by atoms with Crippen molar-refractivity contribution in [1.82, 2.24) is 9.32 Å². The predicted octanol–water partition coefficient (Wildman–Crippen LogP) is 5.26. The monoisotopic (exact) mass is 538 g/mol. The number of nitrogens with one attached hydrogen (secondary N) is 1. The van der Waals surface area contributed by atoms with Gasteiger partial charge in [0.1, 0.15) is 14.1 Å². The van der Waals surface area contributed by atoms with Gasteiger partial charge in [-0.25, -0.2) is 4.79 Å². The molecule has 1 aromatic heterocycles. The number of rotatable bonds is 18. The number of amides is 2. The Balaban J connectivity index is 0.000000373. The van der Waals surface area contributed by atoms with E-state index in [1.165, 1.54) is 81.9 Å².